The van der Waals surface area contributed by atoms with Crippen LogP contribution in [0, 0.1) is 12.8 Å². The number of allylic oxidation sites excluding steroid dienone is 2. The monoisotopic (exact) mass is 460 g/mol. The van der Waals surface area contributed by atoms with Gasteiger partial charge in [0, 0.05) is 17.3 Å². The van der Waals surface area contributed by atoms with E-state index in [-0.39, 0.29) is 28.3 Å². The fourth-order valence-corrected chi connectivity index (χ4v) is 5.91. The van der Waals surface area contributed by atoms with Gasteiger partial charge in [-0.3, -0.25) is 4.72 Å². The molecule has 0 spiro atoms. The third-order valence-electron chi connectivity index (χ3n) is 6.43. The van der Waals surface area contributed by atoms with E-state index in [1.54, 1.807) is 36.4 Å². The van der Waals surface area contributed by atoms with E-state index in [1.807, 2.05) is 37.3 Å². The lowest BCUT2D eigenvalue weighted by molar-refractivity contribution is 0.0697. The Morgan fingerprint density at radius 1 is 1.06 bits per heavy atom. The standard InChI is InChI=1S/C26H24N2O4S/c1-16-4-2-5-19(14-16)28-33(31,32)20-12-13-24-23(15-20)21-6-3-7-22(21)25(27-24)17-8-10-18(11-9-17)26(29)30/h2-6,8-15,21-22,25,27-28H,7H2,1H3,(H,29,30)/t21-,22+,25+/m0/s1. The van der Waals surface area contributed by atoms with Crippen LogP contribution in [0.4, 0.5) is 11.4 Å². The molecule has 0 radical (unpaired) electrons. The molecule has 0 saturated carbocycles. The lowest BCUT2D eigenvalue weighted by atomic mass is 9.77. The van der Waals surface area contributed by atoms with E-state index in [0.29, 0.717) is 5.69 Å². The molecule has 168 valence electrons. The number of benzene rings is 3. The number of carboxylic acid groups (broad SMARTS) is 1. The van der Waals surface area contributed by atoms with E-state index in [0.717, 1.165) is 28.8 Å². The molecule has 0 saturated heterocycles. The quantitative estimate of drug-likeness (QED) is 0.448. The number of hydrogen-bond acceptors (Lipinski definition) is 4. The average molecular weight is 461 g/mol. The molecule has 2 aliphatic rings. The maximum atomic E-state index is 13.1. The number of aromatic carboxylic acids is 1. The molecule has 5 rings (SSSR count). The lowest BCUT2D eigenvalue weighted by Gasteiger charge is -2.37. The van der Waals surface area contributed by atoms with Crippen molar-refractivity contribution in [1.82, 2.24) is 0 Å². The molecule has 3 N–H and O–H groups in total. The molecule has 1 aliphatic carbocycles. The SMILES string of the molecule is Cc1cccc(NS(=O)(=O)c2ccc3c(c2)[C@H]2C=CC[C@H]2[C@@H](c2ccc(C(=O)O)cc2)N3)c1. The smallest absolute Gasteiger partial charge is 0.335 e. The Kier molecular flexibility index (Phi) is 5.21. The minimum Gasteiger partial charge on any atom is -0.478 e. The molecule has 0 bridgehead atoms. The summed E-state index contributed by atoms with van der Waals surface area (Å²) in [6.07, 6.45) is 5.14. The van der Waals surface area contributed by atoms with Crippen LogP contribution in [-0.2, 0) is 10.0 Å². The van der Waals surface area contributed by atoms with Gasteiger partial charge in [-0.25, -0.2) is 13.2 Å². The van der Waals surface area contributed by atoms with Gasteiger partial charge in [0.15, 0.2) is 0 Å². The van der Waals surface area contributed by atoms with Gasteiger partial charge < -0.3 is 10.4 Å². The van der Waals surface area contributed by atoms with Crippen molar-refractivity contribution in [1.29, 1.82) is 0 Å². The number of fused-ring (bicyclic) bond motifs is 3. The summed E-state index contributed by atoms with van der Waals surface area (Å²) in [4.78, 5) is 11.4. The second kappa shape index (κ2) is 8.08. The number of carbonyl (C=O) groups is 1. The second-order valence-electron chi connectivity index (χ2n) is 8.63. The van der Waals surface area contributed by atoms with Crippen LogP contribution >= 0.6 is 0 Å². The van der Waals surface area contributed by atoms with E-state index in [9.17, 15) is 18.3 Å². The minimum absolute atomic E-state index is 0.00761. The molecule has 3 atom stereocenters. The van der Waals surface area contributed by atoms with Gasteiger partial charge >= 0.3 is 5.97 Å². The summed E-state index contributed by atoms with van der Waals surface area (Å²) >= 11 is 0. The summed E-state index contributed by atoms with van der Waals surface area (Å²) in [7, 11) is -3.73. The molecule has 0 fully saturated rings. The van der Waals surface area contributed by atoms with Gasteiger partial charge in [-0.2, -0.15) is 0 Å². The van der Waals surface area contributed by atoms with Crippen LogP contribution in [0.25, 0.3) is 0 Å². The highest BCUT2D eigenvalue weighted by Gasteiger charge is 2.38. The average Bonchev–Trinajstić information content (AvgIpc) is 3.28. The van der Waals surface area contributed by atoms with Crippen molar-refractivity contribution in [2.45, 2.75) is 30.2 Å². The highest BCUT2D eigenvalue weighted by molar-refractivity contribution is 7.92. The van der Waals surface area contributed by atoms with Gasteiger partial charge in [0.05, 0.1) is 16.5 Å². The Morgan fingerprint density at radius 2 is 1.85 bits per heavy atom. The Hall–Kier alpha value is -3.58. The normalized spacial score (nSPS) is 21.1. The summed E-state index contributed by atoms with van der Waals surface area (Å²) in [5, 5.41) is 12.8. The molecule has 7 heteroatoms. The van der Waals surface area contributed by atoms with Gasteiger partial charge in [0.1, 0.15) is 0 Å². The first kappa shape index (κ1) is 21.3. The number of carboxylic acids is 1. The van der Waals surface area contributed by atoms with Crippen molar-refractivity contribution in [2.24, 2.45) is 5.92 Å². The van der Waals surface area contributed by atoms with Crippen LogP contribution in [0.2, 0.25) is 0 Å². The zero-order valence-corrected chi connectivity index (χ0v) is 18.8. The molecule has 0 unspecified atom stereocenters. The highest BCUT2D eigenvalue weighted by atomic mass is 32.2. The number of hydrogen-bond donors (Lipinski definition) is 3. The Morgan fingerprint density at radius 3 is 2.58 bits per heavy atom. The van der Waals surface area contributed by atoms with Gasteiger partial charge in [0.2, 0.25) is 0 Å². The maximum absolute atomic E-state index is 13.1. The van der Waals surface area contributed by atoms with Gasteiger partial charge in [-0.1, -0.05) is 36.4 Å². The minimum atomic E-state index is -3.73. The summed E-state index contributed by atoms with van der Waals surface area (Å²) in [5.41, 5.74) is 4.64. The second-order valence-corrected chi connectivity index (χ2v) is 10.3. The van der Waals surface area contributed by atoms with E-state index in [1.165, 1.54) is 0 Å². The first-order chi connectivity index (χ1) is 15.8. The summed E-state index contributed by atoms with van der Waals surface area (Å²) < 4.78 is 28.8. The first-order valence-corrected chi connectivity index (χ1v) is 12.3. The number of sulfonamides is 1. The lowest BCUT2D eigenvalue weighted by Crippen LogP contribution is -2.29. The van der Waals surface area contributed by atoms with Crippen molar-refractivity contribution in [3.05, 3.63) is 101 Å². The Labute approximate surface area is 193 Å². The van der Waals surface area contributed by atoms with Crippen LogP contribution in [0.5, 0.6) is 0 Å². The molecular formula is C26H24N2O4S. The predicted molar refractivity (Wildman–Crippen MR) is 128 cm³/mol. The largest absolute Gasteiger partial charge is 0.478 e. The third kappa shape index (κ3) is 4.00. The molecule has 33 heavy (non-hydrogen) atoms. The summed E-state index contributed by atoms with van der Waals surface area (Å²) in [6.45, 7) is 1.92. The maximum Gasteiger partial charge on any atom is 0.335 e. The highest BCUT2D eigenvalue weighted by Crippen LogP contribution is 2.50. The van der Waals surface area contributed by atoms with E-state index in [4.69, 9.17) is 0 Å². The molecule has 6 nitrogen and oxygen atoms in total. The number of rotatable bonds is 5. The van der Waals surface area contributed by atoms with Crippen molar-refractivity contribution in [3.63, 3.8) is 0 Å². The zero-order chi connectivity index (χ0) is 23.2. The van der Waals surface area contributed by atoms with E-state index < -0.39 is 16.0 Å². The van der Waals surface area contributed by atoms with Crippen molar-refractivity contribution >= 4 is 27.4 Å². The van der Waals surface area contributed by atoms with Crippen LogP contribution in [0.15, 0.2) is 83.8 Å². The Bertz CT molecular complexity index is 1360. The third-order valence-corrected chi connectivity index (χ3v) is 7.81. The van der Waals surface area contributed by atoms with Crippen molar-refractivity contribution in [2.75, 3.05) is 10.0 Å². The molecule has 3 aromatic carbocycles. The fourth-order valence-electron chi connectivity index (χ4n) is 4.83. The zero-order valence-electron chi connectivity index (χ0n) is 18.0. The van der Waals surface area contributed by atoms with Gasteiger partial charge in [-0.05, 0) is 78.4 Å². The van der Waals surface area contributed by atoms with Crippen molar-refractivity contribution < 1.29 is 18.3 Å². The molecular weight excluding hydrogens is 436 g/mol. The van der Waals surface area contributed by atoms with Crippen molar-refractivity contribution in [3.8, 4) is 0 Å². The van der Waals surface area contributed by atoms with Gasteiger partial charge in [-0.15, -0.1) is 0 Å². The molecule has 1 heterocycles. The predicted octanol–water partition coefficient (Wildman–Crippen LogP) is 5.32. The summed E-state index contributed by atoms with van der Waals surface area (Å²) in [5.74, 6) is -0.646. The molecule has 1 aliphatic heterocycles. The van der Waals surface area contributed by atoms with Crippen LogP contribution in [0.3, 0.4) is 0 Å². The topological polar surface area (TPSA) is 95.5 Å². The molecule has 3 aromatic rings. The van der Waals surface area contributed by atoms with Crippen LogP contribution in [0.1, 0.15) is 45.4 Å². The van der Waals surface area contributed by atoms with E-state index >= 15 is 0 Å². The van der Waals surface area contributed by atoms with Gasteiger partial charge in [0.25, 0.3) is 10.0 Å². The van der Waals surface area contributed by atoms with E-state index in [2.05, 4.69) is 22.2 Å². The fraction of sp³-hybridized carbons (Fsp3) is 0.192. The molecule has 0 aromatic heterocycles. The summed E-state index contributed by atoms with van der Waals surface area (Å²) in [6, 6.07) is 19.4. The van der Waals surface area contributed by atoms with Crippen LogP contribution < -0.4 is 10.0 Å². The Balaban J connectivity index is 1.47. The first-order valence-electron chi connectivity index (χ1n) is 10.8. The molecule has 0 amide bonds. The number of aryl methyl sites for hydroxylation is 1. The number of anilines is 2. The van der Waals surface area contributed by atoms with Crippen LogP contribution in [-0.4, -0.2) is 19.5 Å². The number of nitrogens with one attached hydrogen (secondary N) is 2.